The Morgan fingerprint density at radius 1 is 1.26 bits per heavy atom. The Bertz CT molecular complexity index is 902. The van der Waals surface area contributed by atoms with Crippen LogP contribution in [0.5, 0.6) is 5.75 Å². The Kier molecular flexibility index (Phi) is 6.19. The molecule has 9 nitrogen and oxygen atoms in total. The van der Waals surface area contributed by atoms with Crippen LogP contribution in [0, 0.1) is 10.1 Å². The minimum absolute atomic E-state index is 0.0876. The first-order valence-corrected chi connectivity index (χ1v) is 8.00. The number of rotatable bonds is 6. The lowest BCUT2D eigenvalue weighted by atomic mass is 10.2. The number of esters is 1. The highest BCUT2D eigenvalue weighted by molar-refractivity contribution is 6.31. The van der Waals surface area contributed by atoms with Gasteiger partial charge >= 0.3 is 5.97 Å². The molecule has 0 heterocycles. The topological polar surface area (TPSA) is 134 Å². The van der Waals surface area contributed by atoms with Crippen LogP contribution in [0.15, 0.2) is 36.4 Å². The van der Waals surface area contributed by atoms with Crippen molar-refractivity contribution in [2.45, 2.75) is 13.0 Å². The number of benzene rings is 2. The van der Waals surface area contributed by atoms with E-state index in [0.717, 1.165) is 6.07 Å². The smallest absolute Gasteiger partial charge is 0.339 e. The maximum atomic E-state index is 12.3. The lowest BCUT2D eigenvalue weighted by molar-refractivity contribution is -0.383. The van der Waals surface area contributed by atoms with Crippen molar-refractivity contribution in [3.8, 4) is 5.75 Å². The van der Waals surface area contributed by atoms with Crippen molar-refractivity contribution in [2.24, 2.45) is 0 Å². The summed E-state index contributed by atoms with van der Waals surface area (Å²) >= 11 is 5.90. The molecule has 0 aromatic heterocycles. The second-order valence-corrected chi connectivity index (χ2v) is 5.85. The van der Waals surface area contributed by atoms with Gasteiger partial charge in [-0.1, -0.05) is 11.6 Å². The number of nitrogens with two attached hydrogens (primary N) is 1. The standard InChI is InChI=1S/C17H16ClN3O6/c1-9(16(22)20-13-8-11(18)4-6-15(13)26-2)27-17(23)10-3-5-12(19)14(7-10)21(24)25/h3-9H,19H2,1-2H3,(H,20,22)/t9-/m1/s1. The lowest BCUT2D eigenvalue weighted by Gasteiger charge is -2.15. The summed E-state index contributed by atoms with van der Waals surface area (Å²) in [6.45, 7) is 1.36. The van der Waals surface area contributed by atoms with Crippen molar-refractivity contribution in [1.29, 1.82) is 0 Å². The van der Waals surface area contributed by atoms with Crippen LogP contribution in [0.3, 0.4) is 0 Å². The van der Waals surface area contributed by atoms with Crippen LogP contribution >= 0.6 is 11.6 Å². The number of nitrogens with zero attached hydrogens (tertiary/aromatic N) is 1. The molecule has 1 atom stereocenters. The fourth-order valence-electron chi connectivity index (χ4n) is 2.12. The van der Waals surface area contributed by atoms with E-state index in [0.29, 0.717) is 16.5 Å². The molecular weight excluding hydrogens is 378 g/mol. The van der Waals surface area contributed by atoms with Gasteiger partial charge in [-0.25, -0.2) is 4.79 Å². The molecule has 2 aromatic carbocycles. The van der Waals surface area contributed by atoms with Gasteiger partial charge in [-0.05, 0) is 37.3 Å². The van der Waals surface area contributed by atoms with E-state index in [1.54, 1.807) is 12.1 Å². The second-order valence-electron chi connectivity index (χ2n) is 5.41. The molecule has 0 unspecified atom stereocenters. The minimum Gasteiger partial charge on any atom is -0.495 e. The number of nitro groups is 1. The number of nitrogens with one attached hydrogen (secondary N) is 1. The summed E-state index contributed by atoms with van der Waals surface area (Å²) in [6.07, 6.45) is -1.18. The highest BCUT2D eigenvalue weighted by Gasteiger charge is 2.22. The molecule has 0 saturated carbocycles. The number of ether oxygens (including phenoxy) is 2. The second kappa shape index (κ2) is 8.37. The van der Waals surface area contributed by atoms with Crippen LogP contribution in [0.4, 0.5) is 17.1 Å². The van der Waals surface area contributed by atoms with Crippen molar-refractivity contribution < 1.29 is 24.0 Å². The first kappa shape index (κ1) is 20.0. The van der Waals surface area contributed by atoms with Gasteiger partial charge in [-0.15, -0.1) is 0 Å². The van der Waals surface area contributed by atoms with Gasteiger partial charge in [0, 0.05) is 11.1 Å². The van der Waals surface area contributed by atoms with Gasteiger partial charge in [-0.3, -0.25) is 14.9 Å². The van der Waals surface area contributed by atoms with E-state index < -0.39 is 28.6 Å². The zero-order chi connectivity index (χ0) is 20.1. The Balaban J connectivity index is 2.10. The molecule has 0 aliphatic rings. The third-order valence-electron chi connectivity index (χ3n) is 3.54. The van der Waals surface area contributed by atoms with Crippen LogP contribution < -0.4 is 15.8 Å². The van der Waals surface area contributed by atoms with E-state index in [2.05, 4.69) is 5.32 Å². The summed E-state index contributed by atoms with van der Waals surface area (Å²) < 4.78 is 10.2. The molecule has 0 fully saturated rings. The van der Waals surface area contributed by atoms with Crippen molar-refractivity contribution in [3.63, 3.8) is 0 Å². The third kappa shape index (κ3) is 4.85. The van der Waals surface area contributed by atoms with Gasteiger partial charge in [-0.2, -0.15) is 0 Å². The molecule has 2 aromatic rings. The molecule has 1 amide bonds. The van der Waals surface area contributed by atoms with Gasteiger partial charge < -0.3 is 20.5 Å². The van der Waals surface area contributed by atoms with Gasteiger partial charge in [0.25, 0.3) is 11.6 Å². The number of hydrogen-bond acceptors (Lipinski definition) is 7. The first-order valence-electron chi connectivity index (χ1n) is 7.62. The quantitative estimate of drug-likeness (QED) is 0.333. The lowest BCUT2D eigenvalue weighted by Crippen LogP contribution is -2.30. The van der Waals surface area contributed by atoms with E-state index in [-0.39, 0.29) is 11.3 Å². The maximum Gasteiger partial charge on any atom is 0.339 e. The molecule has 0 saturated heterocycles. The number of halogens is 1. The number of anilines is 2. The Labute approximate surface area is 159 Å². The number of methoxy groups -OCH3 is 1. The molecule has 2 rings (SSSR count). The van der Waals surface area contributed by atoms with E-state index in [1.807, 2.05) is 0 Å². The zero-order valence-corrected chi connectivity index (χ0v) is 15.1. The zero-order valence-electron chi connectivity index (χ0n) is 14.4. The van der Waals surface area contributed by atoms with Crippen molar-refractivity contribution in [3.05, 3.63) is 57.1 Å². The van der Waals surface area contributed by atoms with Gasteiger partial charge in [0.2, 0.25) is 0 Å². The third-order valence-corrected chi connectivity index (χ3v) is 3.77. The van der Waals surface area contributed by atoms with E-state index in [1.165, 1.54) is 32.2 Å². The molecule has 0 bridgehead atoms. The van der Waals surface area contributed by atoms with Crippen molar-refractivity contribution in [2.75, 3.05) is 18.2 Å². The molecule has 0 aliphatic heterocycles. The Hall–Kier alpha value is -3.33. The van der Waals surface area contributed by atoms with E-state index >= 15 is 0 Å². The summed E-state index contributed by atoms with van der Waals surface area (Å²) in [5, 5.41) is 13.8. The molecule has 0 radical (unpaired) electrons. The van der Waals surface area contributed by atoms with Crippen LogP contribution in [0.25, 0.3) is 0 Å². The first-order chi connectivity index (χ1) is 12.7. The largest absolute Gasteiger partial charge is 0.495 e. The van der Waals surface area contributed by atoms with Crippen LogP contribution in [0.1, 0.15) is 17.3 Å². The predicted molar refractivity (Wildman–Crippen MR) is 99.0 cm³/mol. The average molecular weight is 394 g/mol. The number of carbonyl (C=O) groups is 2. The summed E-state index contributed by atoms with van der Waals surface area (Å²) in [7, 11) is 1.43. The fourth-order valence-corrected chi connectivity index (χ4v) is 2.30. The summed E-state index contributed by atoms with van der Waals surface area (Å²) in [6, 6.07) is 8.12. The summed E-state index contributed by atoms with van der Waals surface area (Å²) in [5.41, 5.74) is 5.18. The molecule has 0 spiro atoms. The average Bonchev–Trinajstić information content (AvgIpc) is 2.61. The van der Waals surface area contributed by atoms with Gasteiger partial charge in [0.1, 0.15) is 11.4 Å². The molecular formula is C17H16ClN3O6. The number of amides is 1. The number of nitro benzene ring substituents is 1. The Morgan fingerprint density at radius 3 is 2.59 bits per heavy atom. The van der Waals surface area contributed by atoms with Crippen LogP contribution in [-0.2, 0) is 9.53 Å². The predicted octanol–water partition coefficient (Wildman–Crippen LogP) is 3.02. The summed E-state index contributed by atoms with van der Waals surface area (Å²) in [5.74, 6) is -1.16. The number of nitrogen functional groups attached to an aromatic ring is 1. The number of hydrogen-bond donors (Lipinski definition) is 2. The minimum atomic E-state index is -1.18. The molecule has 142 valence electrons. The molecule has 10 heteroatoms. The maximum absolute atomic E-state index is 12.3. The van der Waals surface area contributed by atoms with Crippen LogP contribution in [-0.4, -0.2) is 30.0 Å². The van der Waals surface area contributed by atoms with Gasteiger partial charge in [0.15, 0.2) is 6.10 Å². The van der Waals surface area contributed by atoms with Crippen LogP contribution in [0.2, 0.25) is 5.02 Å². The monoisotopic (exact) mass is 393 g/mol. The highest BCUT2D eigenvalue weighted by atomic mass is 35.5. The number of carbonyl (C=O) groups excluding carboxylic acids is 2. The van der Waals surface area contributed by atoms with Crippen molar-refractivity contribution >= 4 is 40.5 Å². The Morgan fingerprint density at radius 2 is 1.96 bits per heavy atom. The highest BCUT2D eigenvalue weighted by Crippen LogP contribution is 2.28. The van der Waals surface area contributed by atoms with Crippen molar-refractivity contribution in [1.82, 2.24) is 0 Å². The fraction of sp³-hybridized carbons (Fsp3) is 0.176. The molecule has 0 aliphatic carbocycles. The normalized spacial score (nSPS) is 11.4. The molecule has 27 heavy (non-hydrogen) atoms. The summed E-state index contributed by atoms with van der Waals surface area (Å²) in [4.78, 5) is 34.6. The SMILES string of the molecule is COc1ccc(Cl)cc1NC(=O)[C@@H](C)OC(=O)c1ccc(N)c([N+](=O)[O-])c1. The van der Waals surface area contributed by atoms with Gasteiger partial charge in [0.05, 0.1) is 23.3 Å². The van der Waals surface area contributed by atoms with E-state index in [9.17, 15) is 19.7 Å². The molecule has 3 N–H and O–H groups in total. The van der Waals surface area contributed by atoms with E-state index in [4.69, 9.17) is 26.8 Å².